The van der Waals surface area contributed by atoms with Gasteiger partial charge in [-0.05, 0) is 79.8 Å². The highest BCUT2D eigenvalue weighted by atomic mass is 32.1. The number of nitrogens with one attached hydrogen (secondary N) is 1. The number of ether oxygens (including phenoxy) is 1. The quantitative estimate of drug-likeness (QED) is 0.423. The van der Waals surface area contributed by atoms with Crippen LogP contribution >= 0.6 is 12.2 Å². The Morgan fingerprint density at radius 3 is 2.31 bits per heavy atom. The number of methoxy groups -OCH3 is 1. The number of anilines is 1. The van der Waals surface area contributed by atoms with Gasteiger partial charge in [-0.3, -0.25) is 4.98 Å². The van der Waals surface area contributed by atoms with Crippen LogP contribution in [0.4, 0.5) is 5.69 Å². The summed E-state index contributed by atoms with van der Waals surface area (Å²) in [5.41, 5.74) is 5.39. The molecule has 3 heterocycles. The Morgan fingerprint density at radius 1 is 0.875 bits per heavy atom. The zero-order chi connectivity index (χ0) is 22.1. The third-order valence-electron chi connectivity index (χ3n) is 5.87. The minimum absolute atomic E-state index is 0.0836. The lowest BCUT2D eigenvalue weighted by molar-refractivity contribution is 0.415. The van der Waals surface area contributed by atoms with E-state index in [9.17, 15) is 0 Å². The molecule has 5 nitrogen and oxygen atoms in total. The fourth-order valence-electron chi connectivity index (χ4n) is 4.40. The van der Waals surface area contributed by atoms with Gasteiger partial charge in [0.2, 0.25) is 0 Å². The van der Waals surface area contributed by atoms with Gasteiger partial charge in [-0.15, -0.1) is 0 Å². The van der Waals surface area contributed by atoms with Gasteiger partial charge >= 0.3 is 0 Å². The Hall–Kier alpha value is -3.64. The van der Waals surface area contributed by atoms with Crippen molar-refractivity contribution in [3.05, 3.63) is 108 Å². The molecule has 0 spiro atoms. The summed E-state index contributed by atoms with van der Waals surface area (Å²) >= 11 is 5.85. The van der Waals surface area contributed by atoms with Crippen LogP contribution < -0.4 is 15.0 Å². The number of para-hydroxylation sites is 1. The van der Waals surface area contributed by atoms with Crippen molar-refractivity contribution >= 4 is 23.0 Å². The summed E-state index contributed by atoms with van der Waals surface area (Å²) in [5, 5.41) is 4.21. The molecular weight excluding hydrogens is 416 g/mol. The lowest BCUT2D eigenvalue weighted by Crippen LogP contribution is -2.30. The number of benzene rings is 2. The van der Waals surface area contributed by atoms with Gasteiger partial charge in [-0.25, -0.2) is 0 Å². The van der Waals surface area contributed by atoms with Crippen LogP contribution in [0, 0.1) is 6.92 Å². The largest absolute Gasteiger partial charge is 0.497 e. The van der Waals surface area contributed by atoms with E-state index in [0.717, 1.165) is 28.5 Å². The predicted octanol–water partition coefficient (Wildman–Crippen LogP) is 5.37. The van der Waals surface area contributed by atoms with Gasteiger partial charge in [0, 0.05) is 29.0 Å². The van der Waals surface area contributed by atoms with Crippen molar-refractivity contribution in [1.29, 1.82) is 0 Å². The molecule has 1 saturated heterocycles. The summed E-state index contributed by atoms with van der Waals surface area (Å²) in [4.78, 5) is 6.84. The maximum atomic E-state index is 5.85. The van der Waals surface area contributed by atoms with Crippen molar-refractivity contribution in [3.63, 3.8) is 0 Å². The number of thiocarbonyl (C=S) groups is 1. The van der Waals surface area contributed by atoms with Crippen LogP contribution in [-0.2, 0) is 0 Å². The van der Waals surface area contributed by atoms with Crippen LogP contribution in [0.25, 0.3) is 5.69 Å². The molecule has 1 aliphatic rings. The Kier molecular flexibility index (Phi) is 5.37. The van der Waals surface area contributed by atoms with Crippen molar-refractivity contribution in [2.45, 2.75) is 19.0 Å². The summed E-state index contributed by atoms with van der Waals surface area (Å²) in [7, 11) is 1.67. The first-order valence-electron chi connectivity index (χ1n) is 10.6. The zero-order valence-corrected chi connectivity index (χ0v) is 18.8. The molecule has 5 rings (SSSR count). The van der Waals surface area contributed by atoms with Crippen molar-refractivity contribution < 1.29 is 4.74 Å². The summed E-state index contributed by atoms with van der Waals surface area (Å²) in [6.07, 6.45) is 1.83. The lowest BCUT2D eigenvalue weighted by Gasteiger charge is -2.29. The van der Waals surface area contributed by atoms with Crippen molar-refractivity contribution in [2.24, 2.45) is 0 Å². The van der Waals surface area contributed by atoms with Crippen LogP contribution in [-0.4, -0.2) is 21.8 Å². The van der Waals surface area contributed by atoms with E-state index in [1.807, 2.05) is 54.7 Å². The van der Waals surface area contributed by atoms with Crippen LogP contribution in [0.1, 0.15) is 29.2 Å². The lowest BCUT2D eigenvalue weighted by atomic mass is 10.0. The summed E-state index contributed by atoms with van der Waals surface area (Å²) in [6.45, 7) is 2.13. The standard InChI is InChI=1S/C26H24N4OS/c1-18-11-16-23(29(18)19-8-4-3-5-9-19)25-24(22-10-6-7-17-27-22)28-26(32)30(25)20-12-14-21(31-2)15-13-20/h3-17,24-25H,1-2H3,(H,28,32)/t24-,25-/m1/s1. The molecule has 6 heteroatoms. The predicted molar refractivity (Wildman–Crippen MR) is 131 cm³/mol. The summed E-state index contributed by atoms with van der Waals surface area (Å²) < 4.78 is 7.66. The number of pyridine rings is 1. The molecule has 2 atom stereocenters. The maximum absolute atomic E-state index is 5.85. The minimum Gasteiger partial charge on any atom is -0.497 e. The molecule has 0 unspecified atom stereocenters. The van der Waals surface area contributed by atoms with E-state index in [1.54, 1.807) is 7.11 Å². The molecule has 0 bridgehead atoms. The Balaban J connectivity index is 1.68. The van der Waals surface area contributed by atoms with Gasteiger partial charge < -0.3 is 19.5 Å². The van der Waals surface area contributed by atoms with E-state index in [4.69, 9.17) is 17.0 Å². The molecule has 2 aromatic carbocycles. The number of nitrogens with zero attached hydrogens (tertiary/aromatic N) is 3. The van der Waals surface area contributed by atoms with Crippen LogP contribution in [0.3, 0.4) is 0 Å². The van der Waals surface area contributed by atoms with E-state index < -0.39 is 0 Å². The van der Waals surface area contributed by atoms with Gasteiger partial charge in [-0.2, -0.15) is 0 Å². The van der Waals surface area contributed by atoms with E-state index in [1.165, 1.54) is 5.69 Å². The first-order valence-corrected chi connectivity index (χ1v) is 11.0. The van der Waals surface area contributed by atoms with Gasteiger partial charge in [0.15, 0.2) is 5.11 Å². The SMILES string of the molecule is COc1ccc(N2C(=S)N[C@H](c3ccccn3)[C@H]2c2ccc(C)n2-c2ccccc2)cc1. The van der Waals surface area contributed by atoms with E-state index in [2.05, 4.69) is 63.1 Å². The molecule has 0 amide bonds. The molecule has 2 aromatic heterocycles. The van der Waals surface area contributed by atoms with Gasteiger partial charge in [0.25, 0.3) is 0 Å². The Bertz CT molecular complexity index is 1220. The fourth-order valence-corrected chi connectivity index (χ4v) is 4.74. The monoisotopic (exact) mass is 440 g/mol. The molecular formula is C26H24N4OS. The normalized spacial score (nSPS) is 17.9. The average Bonchev–Trinajstić information content (AvgIpc) is 3.39. The number of aromatic nitrogens is 2. The van der Waals surface area contributed by atoms with E-state index in [0.29, 0.717) is 5.11 Å². The molecule has 32 heavy (non-hydrogen) atoms. The second kappa shape index (κ2) is 8.48. The molecule has 1 N–H and O–H groups in total. The smallest absolute Gasteiger partial charge is 0.174 e. The van der Waals surface area contributed by atoms with Crippen molar-refractivity contribution in [3.8, 4) is 11.4 Å². The molecule has 160 valence electrons. The number of hydrogen-bond donors (Lipinski definition) is 1. The van der Waals surface area contributed by atoms with E-state index in [-0.39, 0.29) is 12.1 Å². The summed E-state index contributed by atoms with van der Waals surface area (Å²) in [6, 6.07) is 28.6. The number of rotatable bonds is 5. The average molecular weight is 441 g/mol. The van der Waals surface area contributed by atoms with Crippen molar-refractivity contribution in [1.82, 2.24) is 14.9 Å². The maximum Gasteiger partial charge on any atom is 0.174 e. The molecule has 1 fully saturated rings. The summed E-state index contributed by atoms with van der Waals surface area (Å²) in [5.74, 6) is 0.813. The van der Waals surface area contributed by atoms with E-state index >= 15 is 0 Å². The fraction of sp³-hybridized carbons (Fsp3) is 0.154. The second-order valence-electron chi connectivity index (χ2n) is 7.77. The molecule has 0 radical (unpaired) electrons. The number of aryl methyl sites for hydroxylation is 1. The first-order chi connectivity index (χ1) is 15.7. The van der Waals surface area contributed by atoms with Gasteiger partial charge in [0.1, 0.15) is 11.8 Å². The second-order valence-corrected chi connectivity index (χ2v) is 8.15. The number of hydrogen-bond acceptors (Lipinski definition) is 3. The topological polar surface area (TPSA) is 42.3 Å². The van der Waals surface area contributed by atoms with Gasteiger partial charge in [-0.1, -0.05) is 24.3 Å². The third-order valence-corrected chi connectivity index (χ3v) is 6.19. The Labute approximate surface area is 193 Å². The molecule has 4 aromatic rings. The van der Waals surface area contributed by atoms with Crippen LogP contribution in [0.2, 0.25) is 0 Å². The highest BCUT2D eigenvalue weighted by Gasteiger charge is 2.42. The molecule has 0 aliphatic carbocycles. The van der Waals surface area contributed by atoms with Gasteiger partial charge in [0.05, 0.1) is 18.8 Å². The van der Waals surface area contributed by atoms with Crippen molar-refractivity contribution in [2.75, 3.05) is 12.0 Å². The minimum atomic E-state index is -0.0948. The molecule has 1 aliphatic heterocycles. The molecule has 0 saturated carbocycles. The Morgan fingerprint density at radius 2 is 1.62 bits per heavy atom. The third kappa shape index (κ3) is 3.52. The van der Waals surface area contributed by atoms with Crippen LogP contribution in [0.15, 0.2) is 91.1 Å². The van der Waals surface area contributed by atoms with Crippen LogP contribution in [0.5, 0.6) is 5.75 Å². The first kappa shape index (κ1) is 20.3. The highest BCUT2D eigenvalue weighted by Crippen LogP contribution is 2.43. The highest BCUT2D eigenvalue weighted by molar-refractivity contribution is 7.80. The zero-order valence-electron chi connectivity index (χ0n) is 18.0.